The molecule has 1 fully saturated rings. The molecule has 2 atom stereocenters. The van der Waals surface area contributed by atoms with Crippen molar-refractivity contribution in [2.45, 2.75) is 31.9 Å². The van der Waals surface area contributed by atoms with Crippen LogP contribution in [0, 0.1) is 0 Å². The lowest BCUT2D eigenvalue weighted by atomic mass is 10.1. The third-order valence-electron chi connectivity index (χ3n) is 2.45. The molecule has 0 bridgehead atoms. The molecule has 0 aliphatic carbocycles. The van der Waals surface area contributed by atoms with Gasteiger partial charge in [0, 0.05) is 6.61 Å². The molecule has 2 N–H and O–H groups in total. The maximum atomic E-state index is 5.55. The van der Waals surface area contributed by atoms with Crippen molar-refractivity contribution >= 4 is 5.95 Å². The molecule has 2 unspecified atom stereocenters. The molecule has 13 heavy (non-hydrogen) atoms. The monoisotopic (exact) mass is 182 g/mol. The molecular formula is C8H14N4O. The van der Waals surface area contributed by atoms with Crippen LogP contribution < -0.4 is 5.73 Å². The molecule has 1 aliphatic heterocycles. The summed E-state index contributed by atoms with van der Waals surface area (Å²) in [4.78, 5) is 3.88. The van der Waals surface area contributed by atoms with Crippen LogP contribution in [0.3, 0.4) is 0 Å². The lowest BCUT2D eigenvalue weighted by Crippen LogP contribution is -2.21. The minimum Gasteiger partial charge on any atom is -0.376 e. The summed E-state index contributed by atoms with van der Waals surface area (Å²) in [5.74, 6) is 0.324. The summed E-state index contributed by atoms with van der Waals surface area (Å²) in [6.45, 7) is 2.93. The summed E-state index contributed by atoms with van der Waals surface area (Å²) in [6.07, 6.45) is 4.16. The van der Waals surface area contributed by atoms with Crippen LogP contribution in [0.5, 0.6) is 0 Å². The lowest BCUT2D eigenvalue weighted by molar-refractivity contribution is 0.0691. The van der Waals surface area contributed by atoms with E-state index in [1.807, 2.05) is 0 Å². The van der Waals surface area contributed by atoms with Crippen molar-refractivity contribution in [3.05, 3.63) is 6.33 Å². The molecule has 0 spiro atoms. The molecule has 2 heterocycles. The molecule has 1 aliphatic rings. The second-order valence-corrected chi connectivity index (χ2v) is 3.37. The van der Waals surface area contributed by atoms with E-state index in [1.165, 1.54) is 0 Å². The van der Waals surface area contributed by atoms with Gasteiger partial charge < -0.3 is 10.5 Å². The molecule has 72 valence electrons. The predicted octanol–water partition coefficient (Wildman–Crippen LogP) is 0.600. The minimum atomic E-state index is 0.229. The molecule has 0 saturated carbocycles. The number of ether oxygens (including phenoxy) is 1. The van der Waals surface area contributed by atoms with E-state index in [2.05, 4.69) is 17.0 Å². The number of anilines is 1. The number of hydrogen-bond donors (Lipinski definition) is 1. The predicted molar refractivity (Wildman–Crippen MR) is 48.1 cm³/mol. The van der Waals surface area contributed by atoms with Crippen molar-refractivity contribution in [1.82, 2.24) is 14.8 Å². The topological polar surface area (TPSA) is 66.0 Å². The van der Waals surface area contributed by atoms with Gasteiger partial charge >= 0.3 is 0 Å². The third-order valence-corrected chi connectivity index (χ3v) is 2.45. The maximum Gasteiger partial charge on any atom is 0.239 e. The van der Waals surface area contributed by atoms with E-state index >= 15 is 0 Å². The van der Waals surface area contributed by atoms with Crippen molar-refractivity contribution in [3.8, 4) is 0 Å². The third kappa shape index (κ3) is 1.65. The number of nitrogens with two attached hydrogens (primary N) is 1. The number of rotatable bonds is 2. The molecule has 1 aromatic heterocycles. The highest BCUT2D eigenvalue weighted by molar-refractivity contribution is 5.09. The lowest BCUT2D eigenvalue weighted by Gasteiger charge is -2.17. The molecule has 1 aromatic rings. The van der Waals surface area contributed by atoms with Crippen LogP contribution in [0.4, 0.5) is 5.95 Å². The van der Waals surface area contributed by atoms with Crippen molar-refractivity contribution in [2.24, 2.45) is 0 Å². The molecule has 0 aromatic carbocycles. The quantitative estimate of drug-likeness (QED) is 0.727. The van der Waals surface area contributed by atoms with Gasteiger partial charge in [0.1, 0.15) is 6.33 Å². The molecule has 0 amide bonds. The van der Waals surface area contributed by atoms with Crippen LogP contribution in [-0.2, 0) is 4.74 Å². The van der Waals surface area contributed by atoms with E-state index in [4.69, 9.17) is 10.5 Å². The van der Waals surface area contributed by atoms with E-state index in [0.29, 0.717) is 5.95 Å². The molecule has 5 heteroatoms. The Labute approximate surface area is 76.9 Å². The first kappa shape index (κ1) is 8.50. The van der Waals surface area contributed by atoms with Crippen molar-refractivity contribution < 1.29 is 4.74 Å². The van der Waals surface area contributed by atoms with Crippen molar-refractivity contribution in [2.75, 3.05) is 12.3 Å². The first-order valence-electron chi connectivity index (χ1n) is 4.55. The van der Waals surface area contributed by atoms with Gasteiger partial charge in [-0.1, -0.05) is 0 Å². The van der Waals surface area contributed by atoms with E-state index in [-0.39, 0.29) is 12.1 Å². The van der Waals surface area contributed by atoms with Crippen LogP contribution in [0.15, 0.2) is 6.33 Å². The van der Waals surface area contributed by atoms with Gasteiger partial charge in [-0.3, -0.25) is 0 Å². The van der Waals surface area contributed by atoms with Gasteiger partial charge in [0.2, 0.25) is 5.95 Å². The van der Waals surface area contributed by atoms with Crippen LogP contribution >= 0.6 is 0 Å². The summed E-state index contributed by atoms with van der Waals surface area (Å²) in [6, 6.07) is 0.229. The second-order valence-electron chi connectivity index (χ2n) is 3.37. The SMILES string of the molecule is CC(C1CCCO1)n1cnc(N)n1. The fourth-order valence-electron chi connectivity index (χ4n) is 1.64. The Hall–Kier alpha value is -1.10. The minimum absolute atomic E-state index is 0.229. The van der Waals surface area contributed by atoms with Crippen molar-refractivity contribution in [3.63, 3.8) is 0 Å². The van der Waals surface area contributed by atoms with Gasteiger partial charge in [0.15, 0.2) is 0 Å². The van der Waals surface area contributed by atoms with Crippen LogP contribution in [0.1, 0.15) is 25.8 Å². The Kier molecular flexibility index (Phi) is 2.18. The largest absolute Gasteiger partial charge is 0.376 e. The Morgan fingerprint density at radius 2 is 2.62 bits per heavy atom. The zero-order chi connectivity index (χ0) is 9.26. The van der Waals surface area contributed by atoms with E-state index < -0.39 is 0 Å². The second kappa shape index (κ2) is 3.33. The van der Waals surface area contributed by atoms with Crippen LogP contribution in [0.2, 0.25) is 0 Å². The van der Waals surface area contributed by atoms with Gasteiger partial charge in [0.25, 0.3) is 0 Å². The Morgan fingerprint density at radius 1 is 1.77 bits per heavy atom. The molecule has 2 rings (SSSR count). The van der Waals surface area contributed by atoms with Gasteiger partial charge in [-0.2, -0.15) is 0 Å². The number of nitrogens with zero attached hydrogens (tertiary/aromatic N) is 3. The number of hydrogen-bond acceptors (Lipinski definition) is 4. The van der Waals surface area contributed by atoms with Crippen LogP contribution in [0.25, 0.3) is 0 Å². The van der Waals surface area contributed by atoms with E-state index in [1.54, 1.807) is 11.0 Å². The highest BCUT2D eigenvalue weighted by atomic mass is 16.5. The highest BCUT2D eigenvalue weighted by Gasteiger charge is 2.24. The van der Waals surface area contributed by atoms with Gasteiger partial charge in [0.05, 0.1) is 12.1 Å². The Bertz CT molecular complexity index is 279. The summed E-state index contributed by atoms with van der Waals surface area (Å²) < 4.78 is 7.32. The smallest absolute Gasteiger partial charge is 0.239 e. The fourth-order valence-corrected chi connectivity index (χ4v) is 1.64. The average Bonchev–Trinajstić information content (AvgIpc) is 2.72. The summed E-state index contributed by atoms with van der Waals surface area (Å²) in [5, 5.41) is 4.06. The molecular weight excluding hydrogens is 168 g/mol. The van der Waals surface area contributed by atoms with Crippen molar-refractivity contribution in [1.29, 1.82) is 0 Å². The van der Waals surface area contributed by atoms with E-state index in [0.717, 1.165) is 19.4 Å². The van der Waals surface area contributed by atoms with Gasteiger partial charge in [-0.25, -0.2) is 9.67 Å². The standard InChI is InChI=1S/C8H14N4O/c1-6(7-3-2-4-13-7)12-5-10-8(9)11-12/h5-7H,2-4H2,1H3,(H2,9,11). The zero-order valence-electron chi connectivity index (χ0n) is 7.68. The number of nitrogen functional groups attached to an aromatic ring is 1. The first-order chi connectivity index (χ1) is 6.27. The average molecular weight is 182 g/mol. The molecule has 5 nitrogen and oxygen atoms in total. The summed E-state index contributed by atoms with van der Waals surface area (Å²) >= 11 is 0. The summed E-state index contributed by atoms with van der Waals surface area (Å²) in [5.41, 5.74) is 5.43. The van der Waals surface area contributed by atoms with Crippen LogP contribution in [-0.4, -0.2) is 27.5 Å². The fraction of sp³-hybridized carbons (Fsp3) is 0.750. The first-order valence-corrected chi connectivity index (χ1v) is 4.55. The number of aromatic nitrogens is 3. The molecule has 0 radical (unpaired) electrons. The Morgan fingerprint density at radius 3 is 3.15 bits per heavy atom. The Balaban J connectivity index is 2.07. The highest BCUT2D eigenvalue weighted by Crippen LogP contribution is 2.23. The summed E-state index contributed by atoms with van der Waals surface area (Å²) in [7, 11) is 0. The normalized spacial score (nSPS) is 24.8. The maximum absolute atomic E-state index is 5.55. The van der Waals surface area contributed by atoms with E-state index in [9.17, 15) is 0 Å². The zero-order valence-corrected chi connectivity index (χ0v) is 7.68. The molecule has 1 saturated heterocycles. The van der Waals surface area contributed by atoms with Gasteiger partial charge in [-0.05, 0) is 19.8 Å². The van der Waals surface area contributed by atoms with Gasteiger partial charge in [-0.15, -0.1) is 5.10 Å².